The minimum absolute atomic E-state index is 0.0162. The first kappa shape index (κ1) is 81.6. The summed E-state index contributed by atoms with van der Waals surface area (Å²) in [5.41, 5.74) is 4.10. The van der Waals surface area contributed by atoms with Gasteiger partial charge in [0.05, 0.1) is 32.3 Å². The second-order valence-electron chi connectivity index (χ2n) is 28.4. The lowest BCUT2D eigenvalue weighted by Crippen LogP contribution is -2.54. The SMILES string of the molecule is CCC(=O)N[C@H](C(=O)N1CCC[C@H]1C(=O)Nc1ccc(C(=O)Nc2ncc(NC(=O)[C@@H]3CCCN3C(=O)[C@@H](NC(=O)OC)C(C)C)cn2)cc1)C(C)C.CCC(=O)N[C@H](C(=O)N1CCC[C@H]1C(=O)Nc1ccc2cc(-c3ccc(NC(=O)C4CCCN4C(=O)[C@@H](NC(=O)OC)C(C)C)cc3)ccc2c1)C(C)C. The van der Waals surface area contributed by atoms with E-state index >= 15 is 0 Å². The van der Waals surface area contributed by atoms with Crippen molar-refractivity contribution in [3.05, 3.63) is 103 Å². The first-order valence-electron chi connectivity index (χ1n) is 36.7. The number of fused-ring (bicyclic) bond motifs is 1. The van der Waals surface area contributed by atoms with Crippen molar-refractivity contribution in [2.24, 2.45) is 23.7 Å². The molecule has 4 saturated heterocycles. The summed E-state index contributed by atoms with van der Waals surface area (Å²) in [4.78, 5) is 182. The van der Waals surface area contributed by atoms with Gasteiger partial charge in [-0.15, -0.1) is 0 Å². The monoisotopic (exact) mass is 1480 g/mol. The van der Waals surface area contributed by atoms with E-state index in [4.69, 9.17) is 4.74 Å². The van der Waals surface area contributed by atoms with E-state index in [2.05, 4.69) is 68.6 Å². The van der Waals surface area contributed by atoms with Gasteiger partial charge in [0.1, 0.15) is 48.3 Å². The molecule has 4 aromatic carbocycles. The predicted molar refractivity (Wildman–Crippen MR) is 402 cm³/mol. The molecule has 1 aromatic heterocycles. The summed E-state index contributed by atoms with van der Waals surface area (Å²) >= 11 is 0. The van der Waals surface area contributed by atoms with E-state index in [0.717, 1.165) is 21.9 Å². The lowest BCUT2D eigenvalue weighted by atomic mass is 10.0. The Morgan fingerprint density at radius 2 is 0.710 bits per heavy atom. The first-order valence-corrected chi connectivity index (χ1v) is 36.7. The molecule has 0 bridgehead atoms. The van der Waals surface area contributed by atoms with Gasteiger partial charge in [-0.1, -0.05) is 99.6 Å². The van der Waals surface area contributed by atoms with Gasteiger partial charge in [-0.2, -0.15) is 0 Å². The Labute approximate surface area is 623 Å². The molecule has 30 nitrogen and oxygen atoms in total. The van der Waals surface area contributed by atoms with E-state index in [9.17, 15) is 62.3 Å². The normalized spacial score (nSPS) is 17.9. The molecule has 4 aliphatic rings. The number of amides is 13. The Morgan fingerprint density at radius 1 is 0.393 bits per heavy atom. The molecule has 13 amide bonds. The van der Waals surface area contributed by atoms with Crippen molar-refractivity contribution < 1.29 is 71.8 Å². The zero-order chi connectivity index (χ0) is 77.9. The molecule has 0 aliphatic carbocycles. The van der Waals surface area contributed by atoms with Crippen molar-refractivity contribution >= 4 is 117 Å². The zero-order valence-corrected chi connectivity index (χ0v) is 62.9. The lowest BCUT2D eigenvalue weighted by molar-refractivity contribution is -0.141. The highest BCUT2D eigenvalue weighted by Crippen LogP contribution is 2.31. The van der Waals surface area contributed by atoms with Gasteiger partial charge in [0.25, 0.3) is 5.91 Å². The molecule has 0 saturated carbocycles. The van der Waals surface area contributed by atoms with E-state index in [1.54, 1.807) is 49.6 Å². The lowest BCUT2D eigenvalue weighted by Gasteiger charge is -2.30. The molecule has 30 heteroatoms. The van der Waals surface area contributed by atoms with Gasteiger partial charge in [-0.05, 0) is 152 Å². The Kier molecular flexibility index (Phi) is 28.8. The van der Waals surface area contributed by atoms with E-state index in [0.29, 0.717) is 94.6 Å². The fourth-order valence-corrected chi connectivity index (χ4v) is 13.4. The van der Waals surface area contributed by atoms with Crippen LogP contribution in [0.1, 0.15) is 144 Å². The molecule has 4 aliphatic heterocycles. The van der Waals surface area contributed by atoms with E-state index in [-0.39, 0.29) is 107 Å². The van der Waals surface area contributed by atoms with Crippen LogP contribution in [0.4, 0.5) is 38.3 Å². The van der Waals surface area contributed by atoms with Crippen molar-refractivity contribution in [2.75, 3.05) is 67.0 Å². The molecule has 107 heavy (non-hydrogen) atoms. The molecular weight excluding hydrogens is 1370 g/mol. The number of likely N-dealkylation sites (tertiary alicyclic amines) is 4. The van der Waals surface area contributed by atoms with Crippen molar-refractivity contribution in [2.45, 2.75) is 182 Å². The largest absolute Gasteiger partial charge is 0.453 e. The summed E-state index contributed by atoms with van der Waals surface area (Å²) in [6.07, 6.45) is 6.42. The summed E-state index contributed by atoms with van der Waals surface area (Å²) in [7, 11) is 2.45. The maximum absolute atomic E-state index is 13.4. The van der Waals surface area contributed by atoms with Crippen molar-refractivity contribution in [1.82, 2.24) is 50.8 Å². The summed E-state index contributed by atoms with van der Waals surface area (Å²) < 4.78 is 9.34. The standard InChI is InChI=1S/C41H52N6O7.C36H49N9O8/c1-7-34(48)44-35(24(2)3)39(51)46-20-9-11-33(46)38(50)43-31-19-16-28-22-27(12-13-29(28)23-31)26-14-17-30(18-15-26)42-37(49)32-10-8-21-47(32)40(52)36(25(4)5)45-41(53)54-6;1-7-27(46)41-28(20(2)3)33(50)44-16-8-10-25(44)31(48)39-23-14-12-22(13-15-23)30(47)43-35-37-18-24(19-38-35)40-32(49)26-11-9-17-45(26)34(51)29(21(4)5)42-36(52)53-6/h12-19,22-25,32-33,35-36H,7-11,20-21H2,1-6H3,(H,42,49)(H,43,50)(H,44,48)(H,45,53);12-15,18-21,25-26,28-29H,7-11,16-17H2,1-6H3,(H,39,48)(H,40,49)(H,41,46)(H,42,52)(H,37,38,43,47)/t32?,33-,35-,36-;25-,26-,28-,29-/m00/s1. The molecule has 0 spiro atoms. The van der Waals surface area contributed by atoms with Gasteiger partial charge in [-0.25, -0.2) is 19.6 Å². The molecule has 8 atom stereocenters. The van der Waals surface area contributed by atoms with Crippen LogP contribution >= 0.6 is 0 Å². The summed E-state index contributed by atoms with van der Waals surface area (Å²) in [5.74, 6) is -4.19. The van der Waals surface area contributed by atoms with Crippen LogP contribution in [0.25, 0.3) is 21.9 Å². The minimum Gasteiger partial charge on any atom is -0.453 e. The average Bonchev–Trinajstić information content (AvgIpc) is 1.81. The Morgan fingerprint density at radius 3 is 1.07 bits per heavy atom. The third kappa shape index (κ3) is 21.1. The van der Waals surface area contributed by atoms with E-state index < -0.39 is 72.3 Å². The highest BCUT2D eigenvalue weighted by molar-refractivity contribution is 6.06. The number of carbonyl (C=O) groups is 13. The van der Waals surface area contributed by atoms with E-state index in [1.807, 2.05) is 96.1 Å². The molecular formula is C77H101N15O15. The predicted octanol–water partition coefficient (Wildman–Crippen LogP) is 7.82. The molecule has 574 valence electrons. The third-order valence-electron chi connectivity index (χ3n) is 19.4. The van der Waals surface area contributed by atoms with Gasteiger partial charge in [-0.3, -0.25) is 58.1 Å². The van der Waals surface area contributed by atoms with Crippen LogP contribution in [0.2, 0.25) is 0 Å². The van der Waals surface area contributed by atoms with Crippen LogP contribution in [0.15, 0.2) is 97.3 Å². The van der Waals surface area contributed by atoms with Crippen LogP contribution < -0.4 is 47.9 Å². The van der Waals surface area contributed by atoms with Crippen LogP contribution in [-0.4, -0.2) is 195 Å². The average molecular weight is 1480 g/mol. The van der Waals surface area contributed by atoms with Gasteiger partial charge >= 0.3 is 12.2 Å². The van der Waals surface area contributed by atoms with Gasteiger partial charge in [0, 0.05) is 61.6 Å². The first-order chi connectivity index (χ1) is 51.0. The summed E-state index contributed by atoms with van der Waals surface area (Å²) in [5, 5.41) is 26.7. The zero-order valence-electron chi connectivity index (χ0n) is 62.9. The number of hydrogen-bond acceptors (Lipinski definition) is 17. The maximum Gasteiger partial charge on any atom is 0.407 e. The van der Waals surface area contributed by atoms with Crippen LogP contribution in [0, 0.1) is 23.7 Å². The highest BCUT2D eigenvalue weighted by atomic mass is 16.5. The minimum atomic E-state index is -0.859. The fraction of sp³-hybridized carbons (Fsp3) is 0.494. The smallest absolute Gasteiger partial charge is 0.407 e. The molecule has 0 radical (unpaired) electrons. The van der Waals surface area contributed by atoms with Gasteiger partial charge in [0.15, 0.2) is 0 Å². The molecule has 9 N–H and O–H groups in total. The quantitative estimate of drug-likeness (QED) is 0.0269. The van der Waals surface area contributed by atoms with Crippen LogP contribution in [0.3, 0.4) is 0 Å². The van der Waals surface area contributed by atoms with Crippen molar-refractivity contribution in [3.63, 3.8) is 0 Å². The number of alkyl carbamates (subject to hydrolysis) is 2. The number of aromatic nitrogens is 2. The second-order valence-corrected chi connectivity index (χ2v) is 28.4. The highest BCUT2D eigenvalue weighted by Gasteiger charge is 2.43. The molecule has 5 heterocycles. The number of nitrogens with zero attached hydrogens (tertiary/aromatic N) is 6. The number of benzene rings is 4. The molecule has 1 unspecified atom stereocenters. The number of nitrogens with one attached hydrogen (secondary N) is 9. The topological polar surface area (TPSA) is 387 Å². The number of methoxy groups -OCH3 is 2. The number of rotatable bonds is 25. The third-order valence-corrected chi connectivity index (χ3v) is 19.4. The number of hydrogen-bond donors (Lipinski definition) is 9. The number of carbonyl (C=O) groups excluding carboxylic acids is 13. The van der Waals surface area contributed by atoms with Crippen molar-refractivity contribution in [3.8, 4) is 11.1 Å². The van der Waals surface area contributed by atoms with Gasteiger partial charge < -0.3 is 71.6 Å². The van der Waals surface area contributed by atoms with Crippen LogP contribution in [-0.2, 0) is 57.4 Å². The second kappa shape index (κ2) is 37.8. The maximum atomic E-state index is 13.4. The fourth-order valence-electron chi connectivity index (χ4n) is 13.4. The molecule has 4 fully saturated rings. The van der Waals surface area contributed by atoms with Crippen LogP contribution in [0.5, 0.6) is 0 Å². The van der Waals surface area contributed by atoms with Gasteiger partial charge in [0.2, 0.25) is 65.0 Å². The Balaban J connectivity index is 0.000000270. The Bertz CT molecular complexity index is 4060. The summed E-state index contributed by atoms with van der Waals surface area (Å²) in [6, 6.07) is 19.6. The summed E-state index contributed by atoms with van der Waals surface area (Å²) in [6.45, 7) is 19.8. The van der Waals surface area contributed by atoms with Crippen molar-refractivity contribution in [1.29, 1.82) is 0 Å². The molecule has 5 aromatic rings. The number of anilines is 5. The Hall–Kier alpha value is -11.1. The van der Waals surface area contributed by atoms with E-state index in [1.165, 1.54) is 48.5 Å². The number of ether oxygens (including phenoxy) is 2. The molecule has 9 rings (SSSR count).